The van der Waals surface area contributed by atoms with Crippen LogP contribution in [0.4, 0.5) is 11.4 Å². The van der Waals surface area contributed by atoms with Gasteiger partial charge in [0.2, 0.25) is 0 Å². The summed E-state index contributed by atoms with van der Waals surface area (Å²) in [4.78, 5) is 28.5. The van der Waals surface area contributed by atoms with Crippen molar-refractivity contribution >= 4 is 28.8 Å². The van der Waals surface area contributed by atoms with Gasteiger partial charge in [-0.15, -0.1) is 0 Å². The predicted molar refractivity (Wildman–Crippen MR) is 137 cm³/mol. The largest absolute Gasteiger partial charge is 0.497 e. The molecule has 1 N–H and O–H groups in total. The molecular weight excluding hydrogens is 424 g/mol. The molecule has 4 rings (SSSR count). The lowest BCUT2D eigenvalue weighted by Gasteiger charge is -2.21. The SMILES string of the molecule is COc1ccc(C2=C(Nc3ccc(C)c(C)c3)C(=O)N(c3ccc(C(C)(C)C)cc3)C2=O)cc1. The lowest BCUT2D eigenvalue weighted by molar-refractivity contribution is -0.120. The van der Waals surface area contributed by atoms with E-state index in [4.69, 9.17) is 4.74 Å². The molecule has 0 radical (unpaired) electrons. The lowest BCUT2D eigenvalue weighted by Crippen LogP contribution is -2.32. The van der Waals surface area contributed by atoms with E-state index in [0.717, 1.165) is 22.4 Å². The molecule has 0 bridgehead atoms. The molecule has 34 heavy (non-hydrogen) atoms. The molecule has 3 aromatic rings. The number of nitrogens with one attached hydrogen (secondary N) is 1. The molecule has 0 spiro atoms. The van der Waals surface area contributed by atoms with Gasteiger partial charge in [0.05, 0.1) is 18.4 Å². The molecule has 1 heterocycles. The van der Waals surface area contributed by atoms with Crippen LogP contribution in [0.1, 0.15) is 43.0 Å². The minimum atomic E-state index is -0.377. The Kier molecular flexibility index (Phi) is 6.05. The van der Waals surface area contributed by atoms with Crippen LogP contribution in [0.15, 0.2) is 72.4 Å². The van der Waals surface area contributed by atoms with Crippen LogP contribution < -0.4 is 15.0 Å². The maximum absolute atomic E-state index is 13.7. The second-order valence-electron chi connectivity index (χ2n) is 9.65. The molecule has 174 valence electrons. The Morgan fingerprint density at radius 2 is 1.44 bits per heavy atom. The van der Waals surface area contributed by atoms with Gasteiger partial charge in [0.1, 0.15) is 11.4 Å². The van der Waals surface area contributed by atoms with Crippen LogP contribution in [0.3, 0.4) is 0 Å². The Bertz CT molecular complexity index is 1280. The molecule has 0 saturated heterocycles. The lowest BCUT2D eigenvalue weighted by atomic mass is 9.87. The summed E-state index contributed by atoms with van der Waals surface area (Å²) in [6.45, 7) is 10.4. The summed E-state index contributed by atoms with van der Waals surface area (Å²) in [7, 11) is 1.59. The van der Waals surface area contributed by atoms with Crippen LogP contribution in [0.25, 0.3) is 5.57 Å². The van der Waals surface area contributed by atoms with E-state index in [1.165, 1.54) is 4.90 Å². The average molecular weight is 455 g/mol. The van der Waals surface area contributed by atoms with Crippen molar-refractivity contribution in [3.63, 3.8) is 0 Å². The first kappa shape index (κ1) is 23.3. The first-order valence-corrected chi connectivity index (χ1v) is 11.3. The number of rotatable bonds is 5. The average Bonchev–Trinajstić information content (AvgIpc) is 3.05. The summed E-state index contributed by atoms with van der Waals surface area (Å²) in [6, 6.07) is 20.7. The fourth-order valence-corrected chi connectivity index (χ4v) is 3.98. The van der Waals surface area contributed by atoms with Gasteiger partial charge in [0.15, 0.2) is 0 Å². The number of methoxy groups -OCH3 is 1. The van der Waals surface area contributed by atoms with E-state index in [0.29, 0.717) is 22.6 Å². The Hall–Kier alpha value is -3.86. The minimum Gasteiger partial charge on any atom is -0.497 e. The van der Waals surface area contributed by atoms with Crippen LogP contribution in [0.2, 0.25) is 0 Å². The van der Waals surface area contributed by atoms with Gasteiger partial charge in [-0.25, -0.2) is 4.90 Å². The Balaban J connectivity index is 1.78. The van der Waals surface area contributed by atoms with E-state index in [9.17, 15) is 9.59 Å². The molecule has 2 amide bonds. The van der Waals surface area contributed by atoms with E-state index in [2.05, 4.69) is 26.1 Å². The number of hydrogen-bond donors (Lipinski definition) is 1. The van der Waals surface area contributed by atoms with Crippen molar-refractivity contribution in [2.45, 2.75) is 40.0 Å². The van der Waals surface area contributed by atoms with Crippen LogP contribution in [0.5, 0.6) is 5.75 Å². The fourth-order valence-electron chi connectivity index (χ4n) is 3.98. The number of ether oxygens (including phenoxy) is 1. The van der Waals surface area contributed by atoms with E-state index in [-0.39, 0.29) is 22.9 Å². The zero-order chi connectivity index (χ0) is 24.6. The third-order valence-electron chi connectivity index (χ3n) is 6.23. The number of anilines is 2. The maximum Gasteiger partial charge on any atom is 0.282 e. The molecule has 0 unspecified atom stereocenters. The summed E-state index contributed by atoms with van der Waals surface area (Å²) in [5.41, 5.74) is 5.92. The van der Waals surface area contributed by atoms with Gasteiger partial charge in [0.25, 0.3) is 11.8 Å². The maximum atomic E-state index is 13.7. The molecule has 1 aliphatic rings. The highest BCUT2D eigenvalue weighted by Crippen LogP contribution is 2.35. The molecule has 5 nitrogen and oxygen atoms in total. The molecule has 3 aromatic carbocycles. The number of carbonyl (C=O) groups is 2. The highest BCUT2D eigenvalue weighted by molar-refractivity contribution is 6.46. The Morgan fingerprint density at radius 3 is 2.00 bits per heavy atom. The summed E-state index contributed by atoms with van der Waals surface area (Å²) in [5, 5.41) is 3.24. The smallest absolute Gasteiger partial charge is 0.282 e. The zero-order valence-corrected chi connectivity index (χ0v) is 20.5. The summed E-state index contributed by atoms with van der Waals surface area (Å²) < 4.78 is 5.26. The monoisotopic (exact) mass is 454 g/mol. The van der Waals surface area contributed by atoms with Crippen molar-refractivity contribution in [1.29, 1.82) is 0 Å². The Labute approximate surface area is 201 Å². The van der Waals surface area contributed by atoms with Crippen molar-refractivity contribution in [2.75, 3.05) is 17.3 Å². The van der Waals surface area contributed by atoms with Crippen LogP contribution in [-0.2, 0) is 15.0 Å². The highest BCUT2D eigenvalue weighted by Gasteiger charge is 2.40. The number of carbonyl (C=O) groups excluding carboxylic acids is 2. The molecule has 0 aromatic heterocycles. The summed E-state index contributed by atoms with van der Waals surface area (Å²) >= 11 is 0. The highest BCUT2D eigenvalue weighted by atomic mass is 16.5. The second kappa shape index (κ2) is 8.82. The first-order chi connectivity index (χ1) is 16.1. The normalized spacial score (nSPS) is 14.1. The van der Waals surface area contributed by atoms with E-state index in [1.807, 2.05) is 56.3 Å². The van der Waals surface area contributed by atoms with E-state index < -0.39 is 0 Å². The van der Waals surface area contributed by atoms with Crippen LogP contribution in [0, 0.1) is 13.8 Å². The van der Waals surface area contributed by atoms with Gasteiger partial charge in [-0.2, -0.15) is 0 Å². The Morgan fingerprint density at radius 1 is 0.794 bits per heavy atom. The van der Waals surface area contributed by atoms with Crippen molar-refractivity contribution in [2.24, 2.45) is 0 Å². The number of aryl methyl sites for hydroxylation is 2. The van der Waals surface area contributed by atoms with Gasteiger partial charge in [-0.05, 0) is 77.9 Å². The summed E-state index contributed by atoms with van der Waals surface area (Å²) in [5.74, 6) is -0.0537. The summed E-state index contributed by atoms with van der Waals surface area (Å²) in [6.07, 6.45) is 0. The first-order valence-electron chi connectivity index (χ1n) is 11.3. The standard InChI is InChI=1S/C29H30N2O3/c1-18-7-12-22(17-19(18)2)30-26-25(20-8-15-24(34-6)16-9-20)27(32)31(28(26)33)23-13-10-21(11-14-23)29(3,4)5/h7-17,30H,1-6H3. The van der Waals surface area contributed by atoms with E-state index in [1.54, 1.807) is 31.4 Å². The number of hydrogen-bond acceptors (Lipinski definition) is 4. The second-order valence-corrected chi connectivity index (χ2v) is 9.65. The molecule has 0 aliphatic carbocycles. The quantitative estimate of drug-likeness (QED) is 0.480. The van der Waals surface area contributed by atoms with E-state index >= 15 is 0 Å². The van der Waals surface area contributed by atoms with Crippen molar-refractivity contribution in [1.82, 2.24) is 0 Å². The van der Waals surface area contributed by atoms with Gasteiger partial charge in [-0.1, -0.05) is 51.1 Å². The third kappa shape index (κ3) is 4.34. The van der Waals surface area contributed by atoms with Gasteiger partial charge < -0.3 is 10.1 Å². The van der Waals surface area contributed by atoms with Crippen molar-refractivity contribution in [3.05, 3.63) is 94.7 Å². The molecule has 0 saturated carbocycles. The number of nitrogens with zero attached hydrogens (tertiary/aromatic N) is 1. The minimum absolute atomic E-state index is 0.0277. The van der Waals surface area contributed by atoms with Gasteiger partial charge in [-0.3, -0.25) is 9.59 Å². The van der Waals surface area contributed by atoms with Gasteiger partial charge in [0, 0.05) is 5.69 Å². The topological polar surface area (TPSA) is 58.6 Å². The van der Waals surface area contributed by atoms with Crippen molar-refractivity contribution < 1.29 is 14.3 Å². The zero-order valence-electron chi connectivity index (χ0n) is 20.5. The molecule has 1 aliphatic heterocycles. The molecule has 0 atom stereocenters. The van der Waals surface area contributed by atoms with Crippen LogP contribution >= 0.6 is 0 Å². The molecule has 0 fully saturated rings. The number of imide groups is 1. The number of amides is 2. The molecular formula is C29H30N2O3. The third-order valence-corrected chi connectivity index (χ3v) is 6.23. The van der Waals surface area contributed by atoms with Crippen molar-refractivity contribution in [3.8, 4) is 5.75 Å². The van der Waals surface area contributed by atoms with Gasteiger partial charge >= 0.3 is 0 Å². The molecule has 5 heteroatoms. The fraction of sp³-hybridized carbons (Fsp3) is 0.241. The predicted octanol–water partition coefficient (Wildman–Crippen LogP) is 6.01. The van der Waals surface area contributed by atoms with Crippen LogP contribution in [-0.4, -0.2) is 18.9 Å². The number of benzene rings is 3.